The molecule has 21 heavy (non-hydrogen) atoms. The fraction of sp³-hybridized carbons (Fsp3) is 0.714. The average molecular weight is 354 g/mol. The summed E-state index contributed by atoms with van der Waals surface area (Å²) in [5.74, 6) is 0.450. The number of carbonyl (C=O) groups is 1. The van der Waals surface area contributed by atoms with E-state index < -0.39 is 0 Å². The number of thiazole rings is 1. The first kappa shape index (κ1) is 20.6. The number of amides is 1. The van der Waals surface area contributed by atoms with Crippen LogP contribution in [-0.4, -0.2) is 23.5 Å². The van der Waals surface area contributed by atoms with Crippen LogP contribution in [-0.2, 0) is 6.42 Å². The molecule has 1 aromatic rings. The Kier molecular flexibility index (Phi) is 10.2. The van der Waals surface area contributed by atoms with Crippen LogP contribution in [0, 0.1) is 5.92 Å². The number of halogens is 2. The molecule has 0 radical (unpaired) electrons. The number of hydrogen-bond acceptors (Lipinski definition) is 4. The van der Waals surface area contributed by atoms with Crippen LogP contribution in [0.4, 0.5) is 0 Å². The van der Waals surface area contributed by atoms with Gasteiger partial charge in [0.1, 0.15) is 4.88 Å². The van der Waals surface area contributed by atoms with Gasteiger partial charge in [0, 0.05) is 6.04 Å². The van der Waals surface area contributed by atoms with Gasteiger partial charge in [-0.15, -0.1) is 36.2 Å². The van der Waals surface area contributed by atoms with Crippen molar-refractivity contribution in [2.24, 2.45) is 11.7 Å². The Morgan fingerprint density at radius 3 is 2.81 bits per heavy atom. The first-order valence-electron chi connectivity index (χ1n) is 7.20. The highest BCUT2D eigenvalue weighted by molar-refractivity contribution is 7.13. The van der Waals surface area contributed by atoms with E-state index in [4.69, 9.17) is 5.73 Å². The molecule has 122 valence electrons. The van der Waals surface area contributed by atoms with Crippen molar-refractivity contribution in [3.8, 4) is 0 Å². The van der Waals surface area contributed by atoms with Crippen molar-refractivity contribution in [1.29, 1.82) is 0 Å². The van der Waals surface area contributed by atoms with Crippen molar-refractivity contribution in [2.45, 2.75) is 51.5 Å². The Labute approximate surface area is 143 Å². The van der Waals surface area contributed by atoms with Crippen LogP contribution >= 0.6 is 36.2 Å². The number of rotatable bonds is 5. The maximum Gasteiger partial charge on any atom is 0.263 e. The molecule has 1 amide bonds. The normalized spacial score (nSPS) is 21.0. The molecular weight excluding hydrogens is 329 g/mol. The molecule has 1 aliphatic carbocycles. The monoisotopic (exact) mass is 353 g/mol. The third kappa shape index (κ3) is 5.74. The highest BCUT2D eigenvalue weighted by atomic mass is 35.5. The van der Waals surface area contributed by atoms with Crippen molar-refractivity contribution >= 4 is 42.1 Å². The van der Waals surface area contributed by atoms with Crippen LogP contribution < -0.4 is 11.1 Å². The van der Waals surface area contributed by atoms with Crippen LogP contribution in [0.5, 0.6) is 0 Å². The molecule has 3 N–H and O–H groups in total. The maximum absolute atomic E-state index is 12.2. The molecule has 0 saturated heterocycles. The van der Waals surface area contributed by atoms with Crippen LogP contribution in [0.15, 0.2) is 6.20 Å². The molecule has 1 aliphatic rings. The maximum atomic E-state index is 12.2. The van der Waals surface area contributed by atoms with Crippen molar-refractivity contribution < 1.29 is 4.79 Å². The highest BCUT2D eigenvalue weighted by Crippen LogP contribution is 2.24. The van der Waals surface area contributed by atoms with E-state index >= 15 is 0 Å². The smallest absolute Gasteiger partial charge is 0.263 e. The first-order chi connectivity index (χ1) is 9.24. The number of aryl methyl sites for hydroxylation is 1. The molecule has 2 unspecified atom stereocenters. The lowest BCUT2D eigenvalue weighted by Crippen LogP contribution is -2.44. The standard InChI is InChI=1S/C14H23N3OS.2ClH/c1-2-5-13-16-9-12(19-13)14(18)17-11-7-4-3-6-10(11)8-15;;/h9-11H,2-8,15H2,1H3,(H,17,18);2*1H. The van der Waals surface area contributed by atoms with Gasteiger partial charge in [0.05, 0.1) is 11.2 Å². The number of nitrogens with zero attached hydrogens (tertiary/aromatic N) is 1. The quantitative estimate of drug-likeness (QED) is 0.853. The fourth-order valence-electron chi connectivity index (χ4n) is 2.66. The van der Waals surface area contributed by atoms with Gasteiger partial charge in [0.2, 0.25) is 0 Å². The molecular formula is C14H25Cl2N3OS. The first-order valence-corrected chi connectivity index (χ1v) is 8.02. The highest BCUT2D eigenvalue weighted by Gasteiger charge is 2.26. The topological polar surface area (TPSA) is 68.0 Å². The van der Waals surface area contributed by atoms with Gasteiger partial charge >= 0.3 is 0 Å². The number of carbonyl (C=O) groups excluding carboxylic acids is 1. The Morgan fingerprint density at radius 1 is 1.43 bits per heavy atom. The summed E-state index contributed by atoms with van der Waals surface area (Å²) in [5, 5.41) is 4.19. The molecule has 1 heterocycles. The van der Waals surface area contributed by atoms with Gasteiger partial charge in [-0.05, 0) is 38.1 Å². The van der Waals surface area contributed by atoms with Crippen molar-refractivity contribution in [2.75, 3.05) is 6.54 Å². The van der Waals surface area contributed by atoms with Gasteiger partial charge in [-0.25, -0.2) is 4.98 Å². The average Bonchev–Trinajstić information content (AvgIpc) is 2.88. The molecule has 1 fully saturated rings. The summed E-state index contributed by atoms with van der Waals surface area (Å²) in [4.78, 5) is 17.2. The zero-order chi connectivity index (χ0) is 13.7. The van der Waals surface area contributed by atoms with E-state index in [0.29, 0.717) is 12.5 Å². The number of nitrogens with one attached hydrogen (secondary N) is 1. The summed E-state index contributed by atoms with van der Waals surface area (Å²) >= 11 is 1.51. The van der Waals surface area contributed by atoms with E-state index in [1.54, 1.807) is 6.20 Å². The summed E-state index contributed by atoms with van der Waals surface area (Å²) in [6.45, 7) is 2.78. The van der Waals surface area contributed by atoms with Gasteiger partial charge in [-0.3, -0.25) is 4.79 Å². The van der Waals surface area contributed by atoms with Crippen molar-refractivity contribution in [1.82, 2.24) is 10.3 Å². The Hall–Kier alpha value is -0.360. The predicted molar refractivity (Wildman–Crippen MR) is 92.9 cm³/mol. The van der Waals surface area contributed by atoms with E-state index in [1.807, 2.05) is 0 Å². The van der Waals surface area contributed by atoms with Gasteiger partial charge < -0.3 is 11.1 Å². The lowest BCUT2D eigenvalue weighted by Gasteiger charge is -2.31. The SMILES string of the molecule is CCCc1ncc(C(=O)NC2CCCCC2CN)s1.Cl.Cl. The van der Waals surface area contributed by atoms with Crippen LogP contribution in [0.3, 0.4) is 0 Å². The van der Waals surface area contributed by atoms with Crippen molar-refractivity contribution in [3.05, 3.63) is 16.1 Å². The summed E-state index contributed by atoms with van der Waals surface area (Å²) in [6, 6.07) is 0.239. The second-order valence-electron chi connectivity index (χ2n) is 5.23. The molecule has 7 heteroatoms. The number of nitrogens with two attached hydrogens (primary N) is 1. The molecule has 0 spiro atoms. The Bertz CT molecular complexity index is 428. The third-order valence-electron chi connectivity index (χ3n) is 3.77. The van der Waals surface area contributed by atoms with E-state index in [0.717, 1.165) is 35.6 Å². The zero-order valence-electron chi connectivity index (χ0n) is 12.3. The summed E-state index contributed by atoms with van der Waals surface area (Å²) < 4.78 is 0. The van der Waals surface area contributed by atoms with Gasteiger partial charge in [0.15, 0.2) is 0 Å². The van der Waals surface area contributed by atoms with Crippen LogP contribution in [0.2, 0.25) is 0 Å². The molecule has 0 aliphatic heterocycles. The summed E-state index contributed by atoms with van der Waals surface area (Å²) in [5.41, 5.74) is 5.79. The number of aromatic nitrogens is 1. The lowest BCUT2D eigenvalue weighted by atomic mass is 9.84. The minimum absolute atomic E-state index is 0. The zero-order valence-corrected chi connectivity index (χ0v) is 14.8. The van der Waals surface area contributed by atoms with E-state index in [1.165, 1.54) is 24.2 Å². The van der Waals surface area contributed by atoms with Crippen molar-refractivity contribution in [3.63, 3.8) is 0 Å². The van der Waals surface area contributed by atoms with Crippen LogP contribution in [0.1, 0.15) is 53.7 Å². The number of hydrogen-bond donors (Lipinski definition) is 2. The van der Waals surface area contributed by atoms with Crippen LogP contribution in [0.25, 0.3) is 0 Å². The van der Waals surface area contributed by atoms with Gasteiger partial charge in [0.25, 0.3) is 5.91 Å². The molecule has 0 bridgehead atoms. The minimum atomic E-state index is 0. The van der Waals surface area contributed by atoms with E-state index in [-0.39, 0.29) is 36.8 Å². The molecule has 1 saturated carbocycles. The molecule has 1 aromatic heterocycles. The Morgan fingerprint density at radius 2 is 2.14 bits per heavy atom. The summed E-state index contributed by atoms with van der Waals surface area (Å²) in [7, 11) is 0. The fourth-order valence-corrected chi connectivity index (χ4v) is 3.59. The molecule has 4 nitrogen and oxygen atoms in total. The van der Waals surface area contributed by atoms with Gasteiger partial charge in [-0.2, -0.15) is 0 Å². The molecule has 2 atom stereocenters. The third-order valence-corrected chi connectivity index (χ3v) is 4.83. The predicted octanol–water partition coefficient (Wildman–Crippen LogP) is 3.19. The second kappa shape index (κ2) is 10.4. The van der Waals surface area contributed by atoms with E-state index in [9.17, 15) is 4.79 Å². The van der Waals surface area contributed by atoms with Gasteiger partial charge in [-0.1, -0.05) is 19.8 Å². The largest absolute Gasteiger partial charge is 0.348 e. The van der Waals surface area contributed by atoms with E-state index in [2.05, 4.69) is 17.2 Å². The Balaban J connectivity index is 0.00000200. The molecule has 0 aromatic carbocycles. The second-order valence-corrected chi connectivity index (χ2v) is 6.34. The summed E-state index contributed by atoms with van der Waals surface area (Å²) in [6.07, 6.45) is 8.31. The lowest BCUT2D eigenvalue weighted by molar-refractivity contribution is 0.0912. The molecule has 2 rings (SSSR count). The minimum Gasteiger partial charge on any atom is -0.348 e.